The molecule has 76 valence electrons. The van der Waals surface area contributed by atoms with Crippen molar-refractivity contribution in [3.05, 3.63) is 40.9 Å². The molecule has 0 amide bonds. The number of aromatic nitrogens is 3. The van der Waals surface area contributed by atoms with Gasteiger partial charge in [-0.15, -0.1) is 0 Å². The maximum atomic E-state index is 5.66. The van der Waals surface area contributed by atoms with Crippen LogP contribution in [0.3, 0.4) is 0 Å². The number of benzene rings is 1. The van der Waals surface area contributed by atoms with Crippen LogP contribution in [-0.4, -0.2) is 15.0 Å². The first-order valence-electron chi connectivity index (χ1n) is 4.04. The second-order valence-electron chi connectivity index (χ2n) is 2.57. The summed E-state index contributed by atoms with van der Waals surface area (Å²) in [5.41, 5.74) is 0. The highest BCUT2D eigenvalue weighted by Gasteiger charge is 2.04. The largest absolute Gasteiger partial charge is 0.227 e. The van der Waals surface area contributed by atoms with Gasteiger partial charge in [-0.2, -0.15) is 15.0 Å². The highest BCUT2D eigenvalue weighted by Crippen LogP contribution is 2.25. The molecule has 0 unspecified atom stereocenters. The van der Waals surface area contributed by atoms with E-state index in [1.807, 2.05) is 30.3 Å². The first kappa shape index (κ1) is 10.7. The molecule has 0 aliphatic carbocycles. The van der Waals surface area contributed by atoms with Crippen molar-refractivity contribution in [3.8, 4) is 0 Å². The van der Waals surface area contributed by atoms with E-state index in [4.69, 9.17) is 23.2 Å². The Morgan fingerprint density at radius 2 is 1.47 bits per heavy atom. The van der Waals surface area contributed by atoms with Crippen LogP contribution in [-0.2, 0) is 0 Å². The SMILES string of the molecule is Clc1nc(Cl)nc(Sc2ccccc2)n1. The molecule has 0 aliphatic rings. The fourth-order valence-corrected chi connectivity index (χ4v) is 2.18. The van der Waals surface area contributed by atoms with Gasteiger partial charge in [-0.3, -0.25) is 0 Å². The van der Waals surface area contributed by atoms with Crippen molar-refractivity contribution in [1.82, 2.24) is 15.0 Å². The summed E-state index contributed by atoms with van der Waals surface area (Å²) in [6, 6.07) is 9.73. The van der Waals surface area contributed by atoms with Crippen LogP contribution in [0.2, 0.25) is 10.6 Å². The lowest BCUT2D eigenvalue weighted by Crippen LogP contribution is -1.91. The van der Waals surface area contributed by atoms with Gasteiger partial charge in [0.15, 0.2) is 5.16 Å². The summed E-state index contributed by atoms with van der Waals surface area (Å²) >= 11 is 12.7. The molecule has 1 aromatic carbocycles. The predicted molar refractivity (Wildman–Crippen MR) is 60.4 cm³/mol. The van der Waals surface area contributed by atoms with Gasteiger partial charge in [-0.25, -0.2) is 0 Å². The minimum absolute atomic E-state index is 0.105. The van der Waals surface area contributed by atoms with Crippen molar-refractivity contribution in [2.45, 2.75) is 10.1 Å². The van der Waals surface area contributed by atoms with Crippen LogP contribution in [0.25, 0.3) is 0 Å². The van der Waals surface area contributed by atoms with E-state index in [0.29, 0.717) is 5.16 Å². The molecule has 6 heteroatoms. The van der Waals surface area contributed by atoms with Crippen molar-refractivity contribution in [1.29, 1.82) is 0 Å². The summed E-state index contributed by atoms with van der Waals surface area (Å²) in [4.78, 5) is 12.6. The van der Waals surface area contributed by atoms with E-state index < -0.39 is 0 Å². The van der Waals surface area contributed by atoms with Gasteiger partial charge in [0.1, 0.15) is 0 Å². The molecule has 2 rings (SSSR count). The Kier molecular flexibility index (Phi) is 3.41. The Labute approximate surface area is 101 Å². The van der Waals surface area contributed by atoms with Gasteiger partial charge in [0.2, 0.25) is 10.6 Å². The van der Waals surface area contributed by atoms with Crippen LogP contribution < -0.4 is 0 Å². The van der Waals surface area contributed by atoms with Crippen molar-refractivity contribution in [2.75, 3.05) is 0 Å². The number of rotatable bonds is 2. The molecule has 3 nitrogen and oxygen atoms in total. The second-order valence-corrected chi connectivity index (χ2v) is 4.29. The maximum Gasteiger partial charge on any atom is 0.227 e. The van der Waals surface area contributed by atoms with Gasteiger partial charge in [-0.05, 0) is 47.1 Å². The fraction of sp³-hybridized carbons (Fsp3) is 0. The Bertz CT molecular complexity index is 444. The lowest BCUT2D eigenvalue weighted by atomic mass is 10.4. The normalized spacial score (nSPS) is 10.3. The average Bonchev–Trinajstić information content (AvgIpc) is 2.17. The molecule has 15 heavy (non-hydrogen) atoms. The first-order valence-corrected chi connectivity index (χ1v) is 5.61. The van der Waals surface area contributed by atoms with Gasteiger partial charge in [0.05, 0.1) is 0 Å². The molecule has 0 saturated carbocycles. The van der Waals surface area contributed by atoms with Crippen molar-refractivity contribution in [3.63, 3.8) is 0 Å². The summed E-state index contributed by atoms with van der Waals surface area (Å²) < 4.78 is 0. The van der Waals surface area contributed by atoms with E-state index in [0.717, 1.165) is 4.90 Å². The molecular weight excluding hydrogens is 253 g/mol. The zero-order valence-electron chi connectivity index (χ0n) is 7.39. The monoisotopic (exact) mass is 257 g/mol. The molecule has 0 spiro atoms. The molecule has 1 heterocycles. The zero-order valence-corrected chi connectivity index (χ0v) is 9.72. The van der Waals surface area contributed by atoms with E-state index in [1.54, 1.807) is 0 Å². The molecule has 0 fully saturated rings. The fourth-order valence-electron chi connectivity index (χ4n) is 0.949. The Morgan fingerprint density at radius 1 is 0.867 bits per heavy atom. The van der Waals surface area contributed by atoms with Crippen LogP contribution in [0.1, 0.15) is 0 Å². The number of nitrogens with zero attached hydrogens (tertiary/aromatic N) is 3. The lowest BCUT2D eigenvalue weighted by molar-refractivity contribution is 0.904. The molecule has 1 aromatic heterocycles. The number of halogens is 2. The predicted octanol–water partition coefficient (Wildman–Crippen LogP) is 3.33. The lowest BCUT2D eigenvalue weighted by Gasteiger charge is -1.99. The average molecular weight is 258 g/mol. The van der Waals surface area contributed by atoms with Gasteiger partial charge in [0, 0.05) is 4.90 Å². The number of hydrogen-bond acceptors (Lipinski definition) is 4. The Hall–Kier alpha value is -0.840. The molecule has 0 bridgehead atoms. The molecular formula is C9H5Cl2N3S. The van der Waals surface area contributed by atoms with Crippen LogP contribution in [0.4, 0.5) is 0 Å². The molecule has 0 atom stereocenters. The van der Waals surface area contributed by atoms with Crippen LogP contribution in [0.5, 0.6) is 0 Å². The summed E-state index contributed by atoms with van der Waals surface area (Å²) in [6.45, 7) is 0. The highest BCUT2D eigenvalue weighted by atomic mass is 35.5. The first-order chi connectivity index (χ1) is 7.24. The topological polar surface area (TPSA) is 38.7 Å². The molecule has 0 N–H and O–H groups in total. The van der Waals surface area contributed by atoms with E-state index in [2.05, 4.69) is 15.0 Å². The molecule has 0 saturated heterocycles. The standard InChI is InChI=1S/C9H5Cl2N3S/c10-7-12-8(11)14-9(13-7)15-6-4-2-1-3-5-6/h1-5H. The summed E-state index contributed by atoms with van der Waals surface area (Å²) in [5, 5.41) is 0.702. The van der Waals surface area contributed by atoms with Crippen LogP contribution >= 0.6 is 35.0 Å². The Balaban J connectivity index is 2.25. The smallest absolute Gasteiger partial charge is 0.191 e. The minimum Gasteiger partial charge on any atom is -0.191 e. The number of hydrogen-bond donors (Lipinski definition) is 0. The zero-order chi connectivity index (χ0) is 10.7. The van der Waals surface area contributed by atoms with Crippen molar-refractivity contribution in [2.24, 2.45) is 0 Å². The Morgan fingerprint density at radius 3 is 2.07 bits per heavy atom. The summed E-state index contributed by atoms with van der Waals surface area (Å²) in [6.07, 6.45) is 0. The van der Waals surface area contributed by atoms with Gasteiger partial charge in [0.25, 0.3) is 0 Å². The van der Waals surface area contributed by atoms with E-state index >= 15 is 0 Å². The van der Waals surface area contributed by atoms with Gasteiger partial charge in [-0.1, -0.05) is 18.2 Å². The van der Waals surface area contributed by atoms with E-state index in [9.17, 15) is 0 Å². The molecule has 2 aromatic rings. The third-order valence-corrected chi connectivity index (χ3v) is 2.72. The third-order valence-electron chi connectivity index (χ3n) is 1.51. The maximum absolute atomic E-state index is 5.66. The quantitative estimate of drug-likeness (QED) is 0.828. The third kappa shape index (κ3) is 3.06. The van der Waals surface area contributed by atoms with Gasteiger partial charge < -0.3 is 0 Å². The van der Waals surface area contributed by atoms with Crippen LogP contribution in [0.15, 0.2) is 40.4 Å². The van der Waals surface area contributed by atoms with Crippen LogP contribution in [0, 0.1) is 0 Å². The molecule has 0 radical (unpaired) electrons. The highest BCUT2D eigenvalue weighted by molar-refractivity contribution is 7.99. The minimum atomic E-state index is 0.105. The molecule has 0 aliphatic heterocycles. The van der Waals surface area contributed by atoms with Crippen molar-refractivity contribution < 1.29 is 0 Å². The second kappa shape index (κ2) is 4.79. The summed E-state index contributed by atoms with van der Waals surface area (Å²) in [5.74, 6) is 0. The van der Waals surface area contributed by atoms with Crippen molar-refractivity contribution >= 4 is 35.0 Å². The van der Waals surface area contributed by atoms with Gasteiger partial charge >= 0.3 is 0 Å². The summed E-state index contributed by atoms with van der Waals surface area (Å²) in [7, 11) is 0. The van der Waals surface area contributed by atoms with E-state index in [-0.39, 0.29) is 10.6 Å². The van der Waals surface area contributed by atoms with E-state index in [1.165, 1.54) is 11.8 Å².